The van der Waals surface area contributed by atoms with Gasteiger partial charge in [0.25, 0.3) is 0 Å². The van der Waals surface area contributed by atoms with Gasteiger partial charge in [0.15, 0.2) is 11.5 Å². The van der Waals surface area contributed by atoms with Crippen LogP contribution < -0.4 is 9.47 Å². The van der Waals surface area contributed by atoms with Gasteiger partial charge >= 0.3 is 10.2 Å². The molecule has 0 saturated carbocycles. The van der Waals surface area contributed by atoms with Crippen molar-refractivity contribution in [1.82, 2.24) is 4.90 Å². The Morgan fingerprint density at radius 2 is 2.00 bits per heavy atom. The molecule has 0 bridgehead atoms. The number of amides is 1. The smallest absolute Gasteiger partial charge is 0.307 e. The van der Waals surface area contributed by atoms with E-state index >= 15 is 0 Å². The SMILES string of the molecule is COc1ccccc1OCCN1CC(S(=O)(=O)F)CC1=O. The number of rotatable bonds is 6. The molecule has 0 spiro atoms. The summed E-state index contributed by atoms with van der Waals surface area (Å²) in [6, 6.07) is 7.04. The quantitative estimate of drug-likeness (QED) is 0.731. The highest BCUT2D eigenvalue weighted by molar-refractivity contribution is 7.87. The van der Waals surface area contributed by atoms with Crippen molar-refractivity contribution in [2.45, 2.75) is 11.7 Å². The summed E-state index contributed by atoms with van der Waals surface area (Å²) in [6.45, 7) is 0.237. The van der Waals surface area contributed by atoms with Crippen LogP contribution in [0.2, 0.25) is 0 Å². The second-order valence-corrected chi connectivity index (χ2v) is 6.26. The summed E-state index contributed by atoms with van der Waals surface area (Å²) < 4.78 is 45.1. The fraction of sp³-hybridized carbons (Fsp3) is 0.462. The standard InChI is InChI=1S/C13H16FNO5S/c1-19-11-4-2-3-5-12(11)20-7-6-15-9-10(8-13(15)16)21(14,17)18/h2-5,10H,6-9H2,1H3. The van der Waals surface area contributed by atoms with Gasteiger partial charge in [-0.15, -0.1) is 3.89 Å². The molecule has 8 heteroatoms. The van der Waals surface area contributed by atoms with E-state index in [1.54, 1.807) is 24.3 Å². The monoisotopic (exact) mass is 317 g/mol. The summed E-state index contributed by atoms with van der Waals surface area (Å²) >= 11 is 0. The summed E-state index contributed by atoms with van der Waals surface area (Å²) in [7, 11) is -3.16. The Bertz CT molecular complexity index is 619. The Balaban J connectivity index is 1.88. The molecule has 1 aliphatic heterocycles. The van der Waals surface area contributed by atoms with Gasteiger partial charge in [0.2, 0.25) is 5.91 Å². The first-order valence-corrected chi connectivity index (χ1v) is 7.83. The number of para-hydroxylation sites is 2. The van der Waals surface area contributed by atoms with E-state index in [9.17, 15) is 17.1 Å². The number of likely N-dealkylation sites (tertiary alicyclic amines) is 1. The predicted molar refractivity (Wildman–Crippen MR) is 73.5 cm³/mol. The normalized spacial score (nSPS) is 18.9. The largest absolute Gasteiger partial charge is 0.493 e. The number of benzene rings is 1. The van der Waals surface area contributed by atoms with E-state index in [0.29, 0.717) is 11.5 Å². The van der Waals surface area contributed by atoms with E-state index in [1.165, 1.54) is 12.0 Å². The molecule has 0 aromatic heterocycles. The van der Waals surface area contributed by atoms with Crippen molar-refractivity contribution in [3.8, 4) is 11.5 Å². The Labute approximate surface area is 122 Å². The average Bonchev–Trinajstić information content (AvgIpc) is 2.81. The summed E-state index contributed by atoms with van der Waals surface area (Å²) in [5.74, 6) is 0.709. The minimum absolute atomic E-state index is 0.132. The molecule has 6 nitrogen and oxygen atoms in total. The van der Waals surface area contributed by atoms with Crippen LogP contribution in [0.15, 0.2) is 24.3 Å². The minimum atomic E-state index is -4.68. The Morgan fingerprint density at radius 1 is 1.33 bits per heavy atom. The molecule has 1 heterocycles. The summed E-state index contributed by atoms with van der Waals surface area (Å²) in [5, 5.41) is -1.27. The molecule has 1 aromatic carbocycles. The highest BCUT2D eigenvalue weighted by Gasteiger charge is 2.38. The maximum absolute atomic E-state index is 12.9. The topological polar surface area (TPSA) is 72.9 Å². The molecule has 1 atom stereocenters. The number of methoxy groups -OCH3 is 1. The molecule has 1 aromatic rings. The number of nitrogens with zero attached hydrogens (tertiary/aromatic N) is 1. The molecule has 1 unspecified atom stereocenters. The predicted octanol–water partition coefficient (Wildman–Crippen LogP) is 0.974. The van der Waals surface area contributed by atoms with Gasteiger partial charge < -0.3 is 14.4 Å². The van der Waals surface area contributed by atoms with Crippen LogP contribution >= 0.6 is 0 Å². The van der Waals surface area contributed by atoms with Crippen molar-refractivity contribution in [3.63, 3.8) is 0 Å². The Kier molecular flexibility index (Phi) is 4.66. The summed E-state index contributed by atoms with van der Waals surface area (Å²) in [6.07, 6.45) is -0.312. The van der Waals surface area contributed by atoms with Crippen molar-refractivity contribution >= 4 is 16.1 Å². The lowest BCUT2D eigenvalue weighted by atomic mass is 10.3. The van der Waals surface area contributed by atoms with Crippen molar-refractivity contribution in [3.05, 3.63) is 24.3 Å². The maximum atomic E-state index is 12.9. The van der Waals surface area contributed by atoms with Crippen LogP contribution in [0.3, 0.4) is 0 Å². The molecule has 2 rings (SSSR count). The molecule has 21 heavy (non-hydrogen) atoms. The third-order valence-electron chi connectivity index (χ3n) is 3.27. The van der Waals surface area contributed by atoms with Gasteiger partial charge in [-0.05, 0) is 12.1 Å². The fourth-order valence-corrected chi connectivity index (χ4v) is 2.84. The zero-order valence-electron chi connectivity index (χ0n) is 11.5. The van der Waals surface area contributed by atoms with E-state index in [0.717, 1.165) is 0 Å². The van der Waals surface area contributed by atoms with E-state index in [1.807, 2.05) is 0 Å². The fourth-order valence-electron chi connectivity index (χ4n) is 2.14. The number of ether oxygens (including phenoxy) is 2. The van der Waals surface area contributed by atoms with E-state index in [4.69, 9.17) is 9.47 Å². The molecule has 1 fully saturated rings. The zero-order valence-corrected chi connectivity index (χ0v) is 12.3. The number of carbonyl (C=O) groups excluding carboxylic acids is 1. The Hall–Kier alpha value is -1.83. The minimum Gasteiger partial charge on any atom is -0.493 e. The van der Waals surface area contributed by atoms with Crippen LogP contribution in [-0.4, -0.2) is 51.3 Å². The highest BCUT2D eigenvalue weighted by Crippen LogP contribution is 2.26. The number of hydrogen-bond donors (Lipinski definition) is 0. The van der Waals surface area contributed by atoms with Gasteiger partial charge in [-0.25, -0.2) is 0 Å². The van der Waals surface area contributed by atoms with E-state index in [2.05, 4.69) is 0 Å². The molecule has 1 aliphatic rings. The molecule has 116 valence electrons. The molecule has 0 N–H and O–H groups in total. The first-order valence-electron chi connectivity index (χ1n) is 6.39. The summed E-state index contributed by atoms with van der Waals surface area (Å²) in [4.78, 5) is 12.9. The number of halogens is 1. The van der Waals surface area contributed by atoms with Crippen LogP contribution in [-0.2, 0) is 15.0 Å². The second-order valence-electron chi connectivity index (χ2n) is 4.64. The Morgan fingerprint density at radius 3 is 2.57 bits per heavy atom. The second kappa shape index (κ2) is 6.30. The van der Waals surface area contributed by atoms with E-state index < -0.39 is 15.5 Å². The van der Waals surface area contributed by atoms with Gasteiger partial charge in [0.05, 0.1) is 13.7 Å². The molecular formula is C13H16FNO5S. The zero-order chi connectivity index (χ0) is 15.5. The molecule has 0 aliphatic carbocycles. The van der Waals surface area contributed by atoms with Gasteiger partial charge in [-0.3, -0.25) is 4.79 Å². The van der Waals surface area contributed by atoms with E-state index in [-0.39, 0.29) is 32.0 Å². The van der Waals surface area contributed by atoms with Crippen LogP contribution in [0, 0.1) is 0 Å². The van der Waals surface area contributed by atoms with Crippen LogP contribution in [0.4, 0.5) is 3.89 Å². The van der Waals surface area contributed by atoms with Gasteiger partial charge in [0.1, 0.15) is 11.9 Å². The van der Waals surface area contributed by atoms with Gasteiger partial charge in [-0.2, -0.15) is 8.42 Å². The molecule has 1 amide bonds. The van der Waals surface area contributed by atoms with Crippen molar-refractivity contribution in [2.24, 2.45) is 0 Å². The van der Waals surface area contributed by atoms with Crippen LogP contribution in [0.5, 0.6) is 11.5 Å². The van der Waals surface area contributed by atoms with Crippen molar-refractivity contribution in [2.75, 3.05) is 26.8 Å². The lowest BCUT2D eigenvalue weighted by Crippen LogP contribution is -2.31. The van der Waals surface area contributed by atoms with Crippen LogP contribution in [0.1, 0.15) is 6.42 Å². The highest BCUT2D eigenvalue weighted by atomic mass is 32.3. The summed E-state index contributed by atoms with van der Waals surface area (Å²) in [5.41, 5.74) is 0. The molecule has 0 radical (unpaired) electrons. The average molecular weight is 317 g/mol. The lowest BCUT2D eigenvalue weighted by molar-refractivity contribution is -0.128. The molecule has 1 saturated heterocycles. The van der Waals surface area contributed by atoms with Gasteiger partial charge in [-0.1, -0.05) is 12.1 Å². The number of carbonyl (C=O) groups is 1. The molecular weight excluding hydrogens is 301 g/mol. The first-order chi connectivity index (χ1) is 9.91. The maximum Gasteiger partial charge on any atom is 0.307 e. The van der Waals surface area contributed by atoms with Gasteiger partial charge in [0, 0.05) is 13.0 Å². The third kappa shape index (κ3) is 3.84. The van der Waals surface area contributed by atoms with Crippen LogP contribution in [0.25, 0.3) is 0 Å². The number of hydrogen-bond acceptors (Lipinski definition) is 5. The first kappa shape index (κ1) is 15.6. The van der Waals surface area contributed by atoms with Crippen molar-refractivity contribution < 1.29 is 26.6 Å². The van der Waals surface area contributed by atoms with Crippen molar-refractivity contribution in [1.29, 1.82) is 0 Å². The lowest BCUT2D eigenvalue weighted by Gasteiger charge is -2.17. The third-order valence-corrected chi connectivity index (χ3v) is 4.38.